The lowest BCUT2D eigenvalue weighted by Crippen LogP contribution is -2.29. The van der Waals surface area contributed by atoms with Crippen molar-refractivity contribution in [3.8, 4) is 5.75 Å². The Kier molecular flexibility index (Phi) is 6.78. The van der Waals surface area contributed by atoms with E-state index in [2.05, 4.69) is 0 Å². The van der Waals surface area contributed by atoms with E-state index in [1.54, 1.807) is 6.07 Å². The third-order valence-corrected chi connectivity index (χ3v) is 6.60. The monoisotopic (exact) mass is 539 g/mol. The topological polar surface area (TPSA) is 66.8 Å². The predicted octanol–water partition coefficient (Wildman–Crippen LogP) is 7.07. The molecule has 1 amide bonds. The lowest BCUT2D eigenvalue weighted by molar-refractivity contribution is -0.132. The van der Waals surface area contributed by atoms with Gasteiger partial charge in [0.2, 0.25) is 0 Å². The first-order valence-electron chi connectivity index (χ1n) is 9.69. The molecular formula is C24H14Cl4FNO4. The van der Waals surface area contributed by atoms with E-state index in [1.807, 2.05) is 0 Å². The van der Waals surface area contributed by atoms with Gasteiger partial charge in [-0.2, -0.15) is 0 Å². The molecule has 34 heavy (non-hydrogen) atoms. The van der Waals surface area contributed by atoms with Crippen LogP contribution in [0.4, 0.5) is 10.1 Å². The normalized spacial score (nSPS) is 17.4. The molecule has 1 saturated heterocycles. The van der Waals surface area contributed by atoms with Gasteiger partial charge in [0.15, 0.2) is 5.75 Å². The van der Waals surface area contributed by atoms with Crippen LogP contribution in [0.3, 0.4) is 0 Å². The number of amides is 1. The van der Waals surface area contributed by atoms with E-state index in [-0.39, 0.29) is 48.2 Å². The van der Waals surface area contributed by atoms with E-state index >= 15 is 0 Å². The fourth-order valence-electron chi connectivity index (χ4n) is 3.77. The summed E-state index contributed by atoms with van der Waals surface area (Å²) in [5, 5.41) is 11.6. The van der Waals surface area contributed by atoms with Crippen molar-refractivity contribution in [1.29, 1.82) is 0 Å². The number of aliphatic hydroxyl groups excluding tert-OH is 1. The van der Waals surface area contributed by atoms with Gasteiger partial charge in [-0.3, -0.25) is 14.5 Å². The number of carbonyl (C=O) groups is 2. The molecule has 1 heterocycles. The lowest BCUT2D eigenvalue weighted by Gasteiger charge is -2.26. The number of nitrogens with zero attached hydrogens (tertiary/aromatic N) is 1. The quantitative estimate of drug-likeness (QED) is 0.218. The molecule has 0 aliphatic carbocycles. The van der Waals surface area contributed by atoms with Crippen molar-refractivity contribution in [3.05, 3.63) is 97.2 Å². The van der Waals surface area contributed by atoms with Crippen LogP contribution in [0.5, 0.6) is 5.75 Å². The van der Waals surface area contributed by atoms with Crippen LogP contribution < -0.4 is 9.64 Å². The summed E-state index contributed by atoms with van der Waals surface area (Å²) < 4.78 is 20.0. The molecular weight excluding hydrogens is 527 g/mol. The minimum absolute atomic E-state index is 0.0139. The number of ketones is 1. The smallest absolute Gasteiger partial charge is 0.300 e. The maximum Gasteiger partial charge on any atom is 0.300 e. The van der Waals surface area contributed by atoms with Gasteiger partial charge < -0.3 is 9.84 Å². The molecule has 1 aliphatic rings. The zero-order valence-corrected chi connectivity index (χ0v) is 20.3. The number of ether oxygens (including phenoxy) is 1. The second-order valence-electron chi connectivity index (χ2n) is 7.26. The highest BCUT2D eigenvalue weighted by Gasteiger charge is 2.48. The zero-order chi connectivity index (χ0) is 24.7. The van der Waals surface area contributed by atoms with Crippen molar-refractivity contribution in [2.24, 2.45) is 0 Å². The van der Waals surface area contributed by atoms with Gasteiger partial charge in [-0.1, -0.05) is 64.6 Å². The molecule has 5 nitrogen and oxygen atoms in total. The number of carbonyl (C=O) groups excluding carboxylic acids is 2. The Balaban J connectivity index is 1.99. The zero-order valence-electron chi connectivity index (χ0n) is 17.3. The van der Waals surface area contributed by atoms with Gasteiger partial charge in [0, 0.05) is 16.8 Å². The van der Waals surface area contributed by atoms with Crippen LogP contribution in [0.2, 0.25) is 20.1 Å². The molecule has 1 unspecified atom stereocenters. The number of anilines is 1. The number of hydrogen-bond acceptors (Lipinski definition) is 4. The molecule has 4 rings (SSSR count). The highest BCUT2D eigenvalue weighted by atomic mass is 35.5. The molecule has 1 atom stereocenters. The molecule has 1 fully saturated rings. The SMILES string of the molecule is COc1c(Cl)cc(/C(O)=C2\C(=O)C(=O)N(c3ccc(Cl)c(Cl)c3)C2c2ccccc2F)cc1Cl. The maximum absolute atomic E-state index is 14.9. The second-order valence-corrected chi connectivity index (χ2v) is 8.89. The van der Waals surface area contributed by atoms with Crippen LogP contribution in [-0.2, 0) is 9.59 Å². The molecule has 3 aromatic carbocycles. The van der Waals surface area contributed by atoms with Crippen LogP contribution >= 0.6 is 46.4 Å². The van der Waals surface area contributed by atoms with E-state index in [4.69, 9.17) is 51.1 Å². The number of methoxy groups -OCH3 is 1. The van der Waals surface area contributed by atoms with Gasteiger partial charge in [-0.05, 0) is 36.4 Å². The Morgan fingerprint density at radius 1 is 0.941 bits per heavy atom. The summed E-state index contributed by atoms with van der Waals surface area (Å²) in [6, 6.07) is 11.3. The number of rotatable bonds is 4. The van der Waals surface area contributed by atoms with Gasteiger partial charge in [-0.15, -0.1) is 0 Å². The van der Waals surface area contributed by atoms with Gasteiger partial charge in [0.1, 0.15) is 11.6 Å². The molecule has 0 bridgehead atoms. The highest BCUT2D eigenvalue weighted by molar-refractivity contribution is 6.52. The fourth-order valence-corrected chi connectivity index (χ4v) is 4.71. The standard InChI is InChI=1S/C24H14Cl4FNO4/c1-34-23-16(27)8-11(9-17(23)28)21(31)19-20(13-4-2-3-5-18(13)29)30(24(33)22(19)32)12-6-7-14(25)15(26)10-12/h2-10,20,31H,1H3/b21-19+. The predicted molar refractivity (Wildman–Crippen MR) is 131 cm³/mol. The molecule has 174 valence electrons. The molecule has 0 radical (unpaired) electrons. The average molecular weight is 541 g/mol. The van der Waals surface area contributed by atoms with E-state index in [0.29, 0.717) is 0 Å². The Morgan fingerprint density at radius 2 is 1.59 bits per heavy atom. The summed E-state index contributed by atoms with van der Waals surface area (Å²) >= 11 is 24.5. The number of Topliss-reactive ketones (excluding diaryl/α,β-unsaturated/α-hetero) is 1. The minimum atomic E-state index is -1.31. The van der Waals surface area contributed by atoms with E-state index in [0.717, 1.165) is 4.90 Å². The van der Waals surface area contributed by atoms with Crippen molar-refractivity contribution >= 4 is 69.5 Å². The van der Waals surface area contributed by atoms with Crippen LogP contribution in [0.15, 0.2) is 60.2 Å². The Hall–Kier alpha value is -2.77. The third kappa shape index (κ3) is 4.12. The van der Waals surface area contributed by atoms with Gasteiger partial charge in [0.05, 0.1) is 38.8 Å². The van der Waals surface area contributed by atoms with Crippen molar-refractivity contribution < 1.29 is 23.8 Å². The van der Waals surface area contributed by atoms with Crippen LogP contribution in [-0.4, -0.2) is 23.9 Å². The molecule has 1 aliphatic heterocycles. The summed E-state index contributed by atoms with van der Waals surface area (Å²) in [5.41, 5.74) is -0.127. The number of aliphatic hydroxyl groups is 1. The largest absolute Gasteiger partial charge is 0.507 e. The van der Waals surface area contributed by atoms with Crippen LogP contribution in [0.25, 0.3) is 5.76 Å². The molecule has 0 aromatic heterocycles. The van der Waals surface area contributed by atoms with Crippen molar-refractivity contribution in [1.82, 2.24) is 0 Å². The first-order valence-corrected chi connectivity index (χ1v) is 11.2. The number of halogens is 5. The van der Waals surface area contributed by atoms with Crippen molar-refractivity contribution in [3.63, 3.8) is 0 Å². The Morgan fingerprint density at radius 3 is 2.18 bits per heavy atom. The summed E-state index contributed by atoms with van der Waals surface area (Å²) in [6.45, 7) is 0. The van der Waals surface area contributed by atoms with Crippen molar-refractivity contribution in [2.45, 2.75) is 6.04 Å². The van der Waals surface area contributed by atoms with E-state index in [1.165, 1.54) is 55.6 Å². The van der Waals surface area contributed by atoms with Crippen LogP contribution in [0.1, 0.15) is 17.2 Å². The molecule has 1 N–H and O–H groups in total. The number of benzene rings is 3. The van der Waals surface area contributed by atoms with Crippen LogP contribution in [0, 0.1) is 5.82 Å². The highest BCUT2D eigenvalue weighted by Crippen LogP contribution is 2.45. The maximum atomic E-state index is 14.9. The summed E-state index contributed by atoms with van der Waals surface area (Å²) in [5.74, 6) is -3.11. The second kappa shape index (κ2) is 9.47. The first-order chi connectivity index (χ1) is 16.1. The first kappa shape index (κ1) is 24.4. The van der Waals surface area contributed by atoms with E-state index < -0.39 is 29.3 Å². The number of hydrogen-bond donors (Lipinski definition) is 1. The van der Waals surface area contributed by atoms with Gasteiger partial charge >= 0.3 is 0 Å². The van der Waals surface area contributed by atoms with Crippen molar-refractivity contribution in [2.75, 3.05) is 12.0 Å². The summed E-state index contributed by atoms with van der Waals surface area (Å²) in [6.07, 6.45) is 0. The lowest BCUT2D eigenvalue weighted by atomic mass is 9.94. The Bertz CT molecular complexity index is 1350. The Labute approximate surface area is 213 Å². The molecule has 0 saturated carbocycles. The minimum Gasteiger partial charge on any atom is -0.507 e. The molecule has 0 spiro atoms. The fraction of sp³-hybridized carbons (Fsp3) is 0.0833. The summed E-state index contributed by atoms with van der Waals surface area (Å²) in [4.78, 5) is 27.4. The molecule has 3 aromatic rings. The third-order valence-electron chi connectivity index (χ3n) is 5.30. The van der Waals surface area contributed by atoms with Gasteiger partial charge in [0.25, 0.3) is 11.7 Å². The average Bonchev–Trinajstić information content (AvgIpc) is 3.05. The van der Waals surface area contributed by atoms with Gasteiger partial charge in [-0.25, -0.2) is 4.39 Å². The molecule has 10 heteroatoms. The summed E-state index contributed by atoms with van der Waals surface area (Å²) in [7, 11) is 1.37. The van der Waals surface area contributed by atoms with E-state index in [9.17, 15) is 19.1 Å².